The molecule has 1 aromatic rings. The molecular formula is C20H34N4O. The van der Waals surface area contributed by atoms with E-state index in [1.54, 1.807) is 0 Å². The largest absolute Gasteiger partial charge is 0.378 e. The minimum atomic E-state index is 0.376. The first kappa shape index (κ1) is 19.7. The van der Waals surface area contributed by atoms with E-state index in [1.165, 1.54) is 31.2 Å². The minimum Gasteiger partial charge on any atom is -0.378 e. The maximum absolute atomic E-state index is 6.00. The highest BCUT2D eigenvalue weighted by Gasteiger charge is 2.25. The molecule has 0 radical (unpaired) electrons. The molecule has 1 saturated carbocycles. The standard InChI is InChI=1S/C20H34N4O/c1-4-21-20(24-15-18-16(3)9-8-13-22-18)23-14-12-19(25-5-2)17-10-6-7-11-17/h8-9,13,17,19H,4-7,10-12,14-15H2,1-3H3,(H2,21,23,24). The molecule has 1 aliphatic carbocycles. The van der Waals surface area contributed by atoms with Gasteiger partial charge in [-0.15, -0.1) is 0 Å². The van der Waals surface area contributed by atoms with Gasteiger partial charge < -0.3 is 15.4 Å². The molecule has 0 spiro atoms. The van der Waals surface area contributed by atoms with E-state index in [0.717, 1.165) is 43.7 Å². The van der Waals surface area contributed by atoms with E-state index < -0.39 is 0 Å². The van der Waals surface area contributed by atoms with Gasteiger partial charge in [0.05, 0.1) is 18.3 Å². The van der Waals surface area contributed by atoms with Crippen LogP contribution in [0.15, 0.2) is 23.3 Å². The molecule has 0 amide bonds. The summed E-state index contributed by atoms with van der Waals surface area (Å²) < 4.78 is 6.00. The number of aryl methyl sites for hydroxylation is 1. The summed E-state index contributed by atoms with van der Waals surface area (Å²) in [5.41, 5.74) is 2.21. The smallest absolute Gasteiger partial charge is 0.191 e. The van der Waals surface area contributed by atoms with Crippen molar-refractivity contribution in [1.29, 1.82) is 0 Å². The quantitative estimate of drug-likeness (QED) is 0.531. The van der Waals surface area contributed by atoms with Crippen molar-refractivity contribution in [3.63, 3.8) is 0 Å². The summed E-state index contributed by atoms with van der Waals surface area (Å²) in [6.45, 7) is 9.39. The minimum absolute atomic E-state index is 0.376. The third kappa shape index (κ3) is 6.65. The Kier molecular flexibility index (Phi) is 8.73. The Morgan fingerprint density at radius 3 is 2.80 bits per heavy atom. The molecule has 1 fully saturated rings. The number of aromatic nitrogens is 1. The molecule has 5 nitrogen and oxygen atoms in total. The second-order valence-corrected chi connectivity index (χ2v) is 6.72. The lowest BCUT2D eigenvalue weighted by Crippen LogP contribution is -2.39. The Labute approximate surface area is 152 Å². The van der Waals surface area contributed by atoms with E-state index in [2.05, 4.69) is 47.4 Å². The second-order valence-electron chi connectivity index (χ2n) is 6.72. The summed E-state index contributed by atoms with van der Waals surface area (Å²) in [6, 6.07) is 4.04. The molecule has 0 aromatic carbocycles. The van der Waals surface area contributed by atoms with Crippen LogP contribution in [0.1, 0.15) is 57.2 Å². The number of hydrogen-bond donors (Lipinski definition) is 2. The number of ether oxygens (including phenoxy) is 1. The van der Waals surface area contributed by atoms with Gasteiger partial charge in [0.15, 0.2) is 5.96 Å². The molecule has 5 heteroatoms. The number of guanidine groups is 1. The molecule has 140 valence electrons. The van der Waals surface area contributed by atoms with E-state index >= 15 is 0 Å². The van der Waals surface area contributed by atoms with Crippen molar-refractivity contribution < 1.29 is 4.74 Å². The van der Waals surface area contributed by atoms with Crippen molar-refractivity contribution >= 4 is 5.96 Å². The van der Waals surface area contributed by atoms with Crippen molar-refractivity contribution in [2.45, 2.75) is 65.5 Å². The van der Waals surface area contributed by atoms with Gasteiger partial charge in [0.25, 0.3) is 0 Å². The Balaban J connectivity index is 1.85. The molecule has 1 atom stereocenters. The fourth-order valence-electron chi connectivity index (χ4n) is 3.51. The second kappa shape index (κ2) is 11.1. The lowest BCUT2D eigenvalue weighted by atomic mass is 9.98. The highest BCUT2D eigenvalue weighted by Crippen LogP contribution is 2.30. The summed E-state index contributed by atoms with van der Waals surface area (Å²) in [7, 11) is 0. The highest BCUT2D eigenvalue weighted by atomic mass is 16.5. The molecular weight excluding hydrogens is 312 g/mol. The van der Waals surface area contributed by atoms with Crippen LogP contribution >= 0.6 is 0 Å². The topological polar surface area (TPSA) is 58.5 Å². The van der Waals surface area contributed by atoms with Crippen molar-refractivity contribution in [2.24, 2.45) is 10.9 Å². The SMILES string of the molecule is CCNC(=NCc1ncccc1C)NCCC(OCC)C1CCCC1. The summed E-state index contributed by atoms with van der Waals surface area (Å²) in [4.78, 5) is 9.09. The van der Waals surface area contributed by atoms with Crippen LogP contribution in [0.5, 0.6) is 0 Å². The third-order valence-corrected chi connectivity index (χ3v) is 4.88. The first-order chi connectivity index (χ1) is 12.2. The summed E-state index contributed by atoms with van der Waals surface area (Å²) >= 11 is 0. The van der Waals surface area contributed by atoms with Crippen molar-refractivity contribution in [1.82, 2.24) is 15.6 Å². The van der Waals surface area contributed by atoms with E-state index in [4.69, 9.17) is 4.74 Å². The zero-order valence-corrected chi connectivity index (χ0v) is 16.1. The average molecular weight is 347 g/mol. The lowest BCUT2D eigenvalue weighted by molar-refractivity contribution is 0.0169. The predicted octanol–water partition coefficient (Wildman–Crippen LogP) is 3.43. The van der Waals surface area contributed by atoms with Gasteiger partial charge in [0.1, 0.15) is 0 Å². The van der Waals surface area contributed by atoms with Gasteiger partial charge in [0.2, 0.25) is 0 Å². The van der Waals surface area contributed by atoms with Gasteiger partial charge in [0, 0.05) is 25.9 Å². The van der Waals surface area contributed by atoms with Gasteiger partial charge in [-0.2, -0.15) is 0 Å². The van der Waals surface area contributed by atoms with E-state index in [0.29, 0.717) is 12.6 Å². The molecule has 0 bridgehead atoms. The van der Waals surface area contributed by atoms with Crippen LogP contribution in [-0.2, 0) is 11.3 Å². The molecule has 2 N–H and O–H groups in total. The fraction of sp³-hybridized carbons (Fsp3) is 0.700. The molecule has 1 aliphatic rings. The predicted molar refractivity (Wildman–Crippen MR) is 104 cm³/mol. The van der Waals surface area contributed by atoms with Crippen molar-refractivity contribution in [2.75, 3.05) is 19.7 Å². The van der Waals surface area contributed by atoms with Crippen LogP contribution in [0.3, 0.4) is 0 Å². The molecule has 2 rings (SSSR count). The molecule has 0 saturated heterocycles. The molecule has 25 heavy (non-hydrogen) atoms. The van der Waals surface area contributed by atoms with Crippen LogP contribution in [0.2, 0.25) is 0 Å². The lowest BCUT2D eigenvalue weighted by Gasteiger charge is -2.24. The Morgan fingerprint density at radius 2 is 2.12 bits per heavy atom. The summed E-state index contributed by atoms with van der Waals surface area (Å²) in [5, 5.41) is 6.77. The third-order valence-electron chi connectivity index (χ3n) is 4.88. The van der Waals surface area contributed by atoms with Crippen LogP contribution in [0.4, 0.5) is 0 Å². The molecule has 1 aromatic heterocycles. The van der Waals surface area contributed by atoms with Gasteiger partial charge in [-0.25, -0.2) is 4.99 Å². The maximum Gasteiger partial charge on any atom is 0.191 e. The van der Waals surface area contributed by atoms with E-state index in [-0.39, 0.29) is 0 Å². The van der Waals surface area contributed by atoms with Crippen LogP contribution in [0, 0.1) is 12.8 Å². The summed E-state index contributed by atoms with van der Waals surface area (Å²) in [5.74, 6) is 1.59. The number of rotatable bonds is 9. The van der Waals surface area contributed by atoms with Crippen LogP contribution < -0.4 is 10.6 Å². The summed E-state index contributed by atoms with van der Waals surface area (Å²) in [6.07, 6.45) is 8.58. The number of nitrogens with one attached hydrogen (secondary N) is 2. The monoisotopic (exact) mass is 346 g/mol. The number of hydrogen-bond acceptors (Lipinski definition) is 3. The van der Waals surface area contributed by atoms with E-state index in [1.807, 2.05) is 12.3 Å². The van der Waals surface area contributed by atoms with Gasteiger partial charge in [-0.3, -0.25) is 4.98 Å². The zero-order valence-electron chi connectivity index (χ0n) is 16.1. The molecule has 1 unspecified atom stereocenters. The molecule has 1 heterocycles. The van der Waals surface area contributed by atoms with Crippen LogP contribution in [-0.4, -0.2) is 36.7 Å². The Bertz CT molecular complexity index is 526. The average Bonchev–Trinajstić information content (AvgIpc) is 3.14. The highest BCUT2D eigenvalue weighted by molar-refractivity contribution is 5.79. The molecule has 0 aliphatic heterocycles. The fourth-order valence-corrected chi connectivity index (χ4v) is 3.51. The Hall–Kier alpha value is -1.62. The van der Waals surface area contributed by atoms with Crippen molar-refractivity contribution in [3.8, 4) is 0 Å². The van der Waals surface area contributed by atoms with Gasteiger partial charge in [-0.1, -0.05) is 18.9 Å². The van der Waals surface area contributed by atoms with E-state index in [9.17, 15) is 0 Å². The van der Waals surface area contributed by atoms with Crippen molar-refractivity contribution in [3.05, 3.63) is 29.6 Å². The first-order valence-corrected chi connectivity index (χ1v) is 9.78. The van der Waals surface area contributed by atoms with Gasteiger partial charge in [-0.05, 0) is 57.6 Å². The maximum atomic E-state index is 6.00. The van der Waals surface area contributed by atoms with Crippen LogP contribution in [0.25, 0.3) is 0 Å². The number of aliphatic imine (C=N–C) groups is 1. The number of pyridine rings is 1. The normalized spacial score (nSPS) is 16.8. The Morgan fingerprint density at radius 1 is 1.32 bits per heavy atom. The number of nitrogens with zero attached hydrogens (tertiary/aromatic N) is 2. The van der Waals surface area contributed by atoms with Gasteiger partial charge >= 0.3 is 0 Å². The zero-order chi connectivity index (χ0) is 17.9. The first-order valence-electron chi connectivity index (χ1n) is 9.78.